The number of hydrogen-bond acceptors (Lipinski definition) is 2. The Bertz CT molecular complexity index is 393. The van der Waals surface area contributed by atoms with Gasteiger partial charge in [-0.3, -0.25) is 0 Å². The molecular formula is C12H14ClF2NO. The van der Waals surface area contributed by atoms with Crippen LogP contribution in [0.5, 0.6) is 5.75 Å². The van der Waals surface area contributed by atoms with Crippen molar-refractivity contribution in [3.63, 3.8) is 0 Å². The molecule has 1 aliphatic heterocycles. The summed E-state index contributed by atoms with van der Waals surface area (Å²) in [5.74, 6) is -1.91. The van der Waals surface area contributed by atoms with E-state index in [-0.39, 0.29) is 16.5 Å². The zero-order valence-corrected chi connectivity index (χ0v) is 10.0. The molecule has 5 heteroatoms. The van der Waals surface area contributed by atoms with Gasteiger partial charge in [-0.15, -0.1) is 0 Å². The molecule has 17 heavy (non-hydrogen) atoms. The van der Waals surface area contributed by atoms with Crippen LogP contribution in [0.4, 0.5) is 8.78 Å². The lowest BCUT2D eigenvalue weighted by Gasteiger charge is -2.23. The van der Waals surface area contributed by atoms with E-state index in [9.17, 15) is 13.9 Å². The number of benzene rings is 1. The summed E-state index contributed by atoms with van der Waals surface area (Å²) in [6, 6.07) is 0.804. The van der Waals surface area contributed by atoms with Gasteiger partial charge in [0.15, 0.2) is 11.6 Å². The van der Waals surface area contributed by atoms with E-state index in [0.29, 0.717) is 6.42 Å². The average molecular weight is 262 g/mol. The summed E-state index contributed by atoms with van der Waals surface area (Å²) < 4.78 is 27.0. The number of aromatic hydroxyl groups is 1. The van der Waals surface area contributed by atoms with Crippen LogP contribution < -0.4 is 5.32 Å². The second-order valence-electron chi connectivity index (χ2n) is 4.38. The SMILES string of the molecule is Oc1c(F)cc(Cl)c(F)c1CC1CCNCC1. The number of rotatable bonds is 2. The number of halogens is 3. The maximum absolute atomic E-state index is 13.7. The first kappa shape index (κ1) is 12.6. The summed E-state index contributed by atoms with van der Waals surface area (Å²) in [4.78, 5) is 0. The maximum Gasteiger partial charge on any atom is 0.166 e. The average Bonchev–Trinajstić information content (AvgIpc) is 2.33. The van der Waals surface area contributed by atoms with Crippen molar-refractivity contribution in [1.29, 1.82) is 0 Å². The number of piperidine rings is 1. The lowest BCUT2D eigenvalue weighted by molar-refractivity contribution is 0.355. The van der Waals surface area contributed by atoms with E-state index >= 15 is 0 Å². The molecule has 94 valence electrons. The minimum Gasteiger partial charge on any atom is -0.505 e. The van der Waals surface area contributed by atoms with Crippen molar-refractivity contribution >= 4 is 11.6 Å². The van der Waals surface area contributed by atoms with E-state index in [0.717, 1.165) is 32.0 Å². The fourth-order valence-electron chi connectivity index (χ4n) is 2.20. The van der Waals surface area contributed by atoms with Gasteiger partial charge in [-0.05, 0) is 44.3 Å². The normalized spacial score (nSPS) is 17.4. The molecule has 1 aromatic carbocycles. The molecule has 1 aliphatic rings. The lowest BCUT2D eigenvalue weighted by Crippen LogP contribution is -2.28. The molecule has 0 aliphatic carbocycles. The minimum atomic E-state index is -0.861. The fraction of sp³-hybridized carbons (Fsp3) is 0.500. The predicted octanol–water partition coefficient (Wildman–Crippen LogP) is 2.87. The highest BCUT2D eigenvalue weighted by atomic mass is 35.5. The van der Waals surface area contributed by atoms with Gasteiger partial charge in [0.1, 0.15) is 5.82 Å². The molecule has 1 fully saturated rings. The van der Waals surface area contributed by atoms with Crippen LogP contribution in [0.2, 0.25) is 5.02 Å². The first-order chi connectivity index (χ1) is 8.09. The quantitative estimate of drug-likeness (QED) is 0.803. The Hall–Kier alpha value is -0.870. The van der Waals surface area contributed by atoms with Gasteiger partial charge in [-0.25, -0.2) is 8.78 Å². The first-order valence-corrected chi connectivity index (χ1v) is 6.03. The van der Waals surface area contributed by atoms with Crippen LogP contribution in [0.25, 0.3) is 0 Å². The Morgan fingerprint density at radius 2 is 2.00 bits per heavy atom. The molecular weight excluding hydrogens is 248 g/mol. The van der Waals surface area contributed by atoms with E-state index in [1.807, 2.05) is 0 Å². The summed E-state index contributed by atoms with van der Waals surface area (Å²) >= 11 is 5.57. The van der Waals surface area contributed by atoms with E-state index in [4.69, 9.17) is 11.6 Å². The van der Waals surface area contributed by atoms with Gasteiger partial charge in [0.05, 0.1) is 5.02 Å². The van der Waals surface area contributed by atoms with Gasteiger partial charge >= 0.3 is 0 Å². The third kappa shape index (κ3) is 2.69. The summed E-state index contributed by atoms with van der Waals surface area (Å²) in [5, 5.41) is 12.5. The molecule has 0 amide bonds. The van der Waals surface area contributed by atoms with Crippen LogP contribution >= 0.6 is 11.6 Å². The van der Waals surface area contributed by atoms with Crippen molar-refractivity contribution in [3.8, 4) is 5.75 Å². The van der Waals surface area contributed by atoms with E-state index < -0.39 is 17.4 Å². The second-order valence-corrected chi connectivity index (χ2v) is 4.79. The van der Waals surface area contributed by atoms with Crippen LogP contribution in [0.3, 0.4) is 0 Å². The van der Waals surface area contributed by atoms with E-state index in [1.54, 1.807) is 0 Å². The van der Waals surface area contributed by atoms with Crippen molar-refractivity contribution < 1.29 is 13.9 Å². The smallest absolute Gasteiger partial charge is 0.166 e. The molecule has 1 heterocycles. The summed E-state index contributed by atoms with van der Waals surface area (Å²) in [6.07, 6.45) is 2.12. The lowest BCUT2D eigenvalue weighted by atomic mass is 9.90. The number of hydrogen-bond donors (Lipinski definition) is 2. The van der Waals surface area contributed by atoms with Crippen LogP contribution in [0.1, 0.15) is 18.4 Å². The molecule has 2 N–H and O–H groups in total. The highest BCUT2D eigenvalue weighted by Crippen LogP contribution is 2.33. The molecule has 2 nitrogen and oxygen atoms in total. The van der Waals surface area contributed by atoms with Crippen molar-refractivity contribution in [2.45, 2.75) is 19.3 Å². The van der Waals surface area contributed by atoms with Crippen LogP contribution in [0, 0.1) is 17.6 Å². The van der Waals surface area contributed by atoms with E-state index in [2.05, 4.69) is 5.32 Å². The summed E-state index contributed by atoms with van der Waals surface area (Å²) in [7, 11) is 0. The molecule has 1 saturated heterocycles. The maximum atomic E-state index is 13.7. The highest BCUT2D eigenvalue weighted by Gasteiger charge is 2.22. The van der Waals surface area contributed by atoms with Gasteiger partial charge in [0.2, 0.25) is 0 Å². The first-order valence-electron chi connectivity index (χ1n) is 5.65. The largest absolute Gasteiger partial charge is 0.505 e. The van der Waals surface area contributed by atoms with Gasteiger partial charge in [-0.2, -0.15) is 0 Å². The minimum absolute atomic E-state index is 0.00176. The highest BCUT2D eigenvalue weighted by molar-refractivity contribution is 6.30. The molecule has 0 spiro atoms. The zero-order chi connectivity index (χ0) is 12.4. The molecule has 0 aromatic heterocycles. The van der Waals surface area contributed by atoms with Gasteiger partial charge < -0.3 is 10.4 Å². The van der Waals surface area contributed by atoms with Crippen molar-refractivity contribution in [1.82, 2.24) is 5.32 Å². The van der Waals surface area contributed by atoms with Gasteiger partial charge in [-0.1, -0.05) is 11.6 Å². The predicted molar refractivity (Wildman–Crippen MR) is 62.3 cm³/mol. The molecule has 0 unspecified atom stereocenters. The Labute approximate surface area is 104 Å². The molecule has 0 atom stereocenters. The third-order valence-corrected chi connectivity index (χ3v) is 3.47. The molecule has 2 rings (SSSR count). The third-order valence-electron chi connectivity index (χ3n) is 3.19. The van der Waals surface area contributed by atoms with Crippen molar-refractivity contribution in [2.75, 3.05) is 13.1 Å². The van der Waals surface area contributed by atoms with Gasteiger partial charge in [0, 0.05) is 5.56 Å². The Morgan fingerprint density at radius 3 is 2.65 bits per heavy atom. The standard InChI is InChI=1S/C12H14ClF2NO/c13-9-6-10(14)12(17)8(11(9)15)5-7-1-3-16-4-2-7/h6-7,16-17H,1-5H2. The topological polar surface area (TPSA) is 32.3 Å². The van der Waals surface area contributed by atoms with Gasteiger partial charge in [0.25, 0.3) is 0 Å². The van der Waals surface area contributed by atoms with Crippen LogP contribution in [-0.4, -0.2) is 18.2 Å². The van der Waals surface area contributed by atoms with Crippen LogP contribution in [-0.2, 0) is 6.42 Å². The Kier molecular flexibility index (Phi) is 3.84. The van der Waals surface area contributed by atoms with Crippen molar-refractivity contribution in [3.05, 3.63) is 28.3 Å². The second kappa shape index (κ2) is 5.19. The number of phenolic OH excluding ortho intramolecular Hbond substituents is 1. The Balaban J connectivity index is 2.24. The fourth-order valence-corrected chi connectivity index (χ4v) is 2.41. The summed E-state index contributed by atoms with van der Waals surface area (Å²) in [5.41, 5.74) is 0.00176. The zero-order valence-electron chi connectivity index (χ0n) is 9.27. The van der Waals surface area contributed by atoms with Crippen LogP contribution in [0.15, 0.2) is 6.07 Å². The molecule has 1 aromatic rings. The number of phenols is 1. The molecule has 0 bridgehead atoms. The van der Waals surface area contributed by atoms with E-state index in [1.165, 1.54) is 0 Å². The molecule has 0 saturated carbocycles. The molecule has 0 radical (unpaired) electrons. The number of nitrogens with one attached hydrogen (secondary N) is 1. The summed E-state index contributed by atoms with van der Waals surface area (Å²) in [6.45, 7) is 1.74. The Morgan fingerprint density at radius 1 is 1.35 bits per heavy atom. The monoisotopic (exact) mass is 261 g/mol. The van der Waals surface area contributed by atoms with Crippen molar-refractivity contribution in [2.24, 2.45) is 5.92 Å².